The molecule has 0 spiro atoms. The number of piperazine rings is 1. The highest BCUT2D eigenvalue weighted by molar-refractivity contribution is 6.58. The molecule has 0 bridgehead atoms. The average molecular weight is 557 g/mol. The number of nitrogens with one attached hydrogen (secondary N) is 1. The minimum Gasteiger partial charge on any atom is -0.449 e. The molecule has 1 aliphatic heterocycles. The number of benzene rings is 3. The summed E-state index contributed by atoms with van der Waals surface area (Å²) >= 11 is 0. The molecule has 3 aromatic rings. The van der Waals surface area contributed by atoms with Gasteiger partial charge in [0.2, 0.25) is 0 Å². The van der Waals surface area contributed by atoms with E-state index in [-0.39, 0.29) is 25.2 Å². The Morgan fingerprint density at radius 1 is 0.927 bits per heavy atom. The fraction of sp³-hybridized carbons (Fsp3) is 0.355. The Balaban J connectivity index is 1.20. The van der Waals surface area contributed by atoms with Gasteiger partial charge in [-0.15, -0.1) is 0 Å². The van der Waals surface area contributed by atoms with Crippen LogP contribution in [0.3, 0.4) is 0 Å². The molecular weight excluding hydrogens is 521 g/mol. The second kappa shape index (κ2) is 11.8. The third-order valence-corrected chi connectivity index (χ3v) is 7.38. The number of hydrogen-bond acceptors (Lipinski definition) is 7. The Labute approximate surface area is 240 Å². The molecular formula is C31H36BN3O6. The highest BCUT2D eigenvalue weighted by atomic mass is 16.6. The number of fused-ring (bicyclic) bond motifs is 3. The van der Waals surface area contributed by atoms with E-state index in [1.807, 2.05) is 51.1 Å². The maximum absolute atomic E-state index is 12.7. The second-order valence-electron chi connectivity index (χ2n) is 11.4. The highest BCUT2D eigenvalue weighted by Crippen LogP contribution is 2.44. The van der Waals surface area contributed by atoms with Gasteiger partial charge in [-0.2, -0.15) is 0 Å². The van der Waals surface area contributed by atoms with E-state index < -0.39 is 18.8 Å². The summed E-state index contributed by atoms with van der Waals surface area (Å²) in [7, 11) is -1.66. The van der Waals surface area contributed by atoms with Crippen LogP contribution in [0.1, 0.15) is 43.4 Å². The molecule has 1 aliphatic carbocycles. The van der Waals surface area contributed by atoms with Crippen LogP contribution in [0.2, 0.25) is 0 Å². The molecule has 41 heavy (non-hydrogen) atoms. The topological polar surface area (TPSA) is 112 Å². The summed E-state index contributed by atoms with van der Waals surface area (Å²) in [6.07, 6.45) is -0.890. The van der Waals surface area contributed by atoms with Gasteiger partial charge in [-0.25, -0.2) is 9.59 Å². The first-order valence-corrected chi connectivity index (χ1v) is 13.9. The Morgan fingerprint density at radius 3 is 2.12 bits per heavy atom. The molecule has 0 unspecified atom stereocenters. The summed E-state index contributed by atoms with van der Waals surface area (Å²) in [6.45, 7) is 7.96. The maximum Gasteiger partial charge on any atom is 0.488 e. The second-order valence-corrected chi connectivity index (χ2v) is 11.4. The third-order valence-electron chi connectivity index (χ3n) is 7.38. The highest BCUT2D eigenvalue weighted by Gasteiger charge is 2.29. The number of ether oxygens (including phenoxy) is 2. The van der Waals surface area contributed by atoms with Crippen molar-refractivity contribution >= 4 is 30.5 Å². The van der Waals surface area contributed by atoms with Crippen LogP contribution >= 0.6 is 0 Å². The third kappa shape index (κ3) is 6.66. The molecule has 3 N–H and O–H groups in total. The fourth-order valence-corrected chi connectivity index (χ4v) is 5.43. The van der Waals surface area contributed by atoms with Gasteiger partial charge >= 0.3 is 19.3 Å². The predicted octanol–water partition coefficient (Wildman–Crippen LogP) is 3.46. The van der Waals surface area contributed by atoms with Gasteiger partial charge in [0, 0.05) is 44.3 Å². The van der Waals surface area contributed by atoms with Crippen LogP contribution in [0.5, 0.6) is 0 Å². The molecule has 214 valence electrons. The number of amides is 2. The van der Waals surface area contributed by atoms with Crippen molar-refractivity contribution in [3.63, 3.8) is 0 Å². The minimum absolute atomic E-state index is 0.0352. The summed E-state index contributed by atoms with van der Waals surface area (Å²) in [5.41, 5.74) is 5.85. The standard InChI is InChI=1S/C31H36BN3O6/c1-31(2,3)41-30(37)35-14-12-34(13-15-35)23-17-21(16-22(18-23)32(38)39)19-33-29(36)40-20-28-26-10-6-4-8-24(26)25-9-5-7-11-27(25)28/h4-11,16-18,28,38-39H,12-15,19-20H2,1-3H3,(H,33,36). The molecule has 0 radical (unpaired) electrons. The number of rotatable bonds is 6. The van der Waals surface area contributed by atoms with Crippen LogP contribution in [0.15, 0.2) is 66.7 Å². The number of alkyl carbamates (subject to hydrolysis) is 1. The zero-order valence-electron chi connectivity index (χ0n) is 23.7. The Hall–Kier alpha value is -4.02. The van der Waals surface area contributed by atoms with Gasteiger partial charge in [0.05, 0.1) is 0 Å². The maximum atomic E-state index is 12.7. The lowest BCUT2D eigenvalue weighted by Gasteiger charge is -2.37. The van der Waals surface area contributed by atoms with E-state index in [2.05, 4.69) is 34.5 Å². The fourth-order valence-electron chi connectivity index (χ4n) is 5.43. The first kappa shape index (κ1) is 28.5. The van der Waals surface area contributed by atoms with Gasteiger partial charge in [0.15, 0.2) is 0 Å². The molecule has 1 fully saturated rings. The Morgan fingerprint density at radius 2 is 1.54 bits per heavy atom. The van der Waals surface area contributed by atoms with Crippen LogP contribution < -0.4 is 15.7 Å². The number of anilines is 1. The smallest absolute Gasteiger partial charge is 0.449 e. The summed E-state index contributed by atoms with van der Waals surface area (Å²) in [5.74, 6) is -0.0352. The zero-order valence-corrected chi connectivity index (χ0v) is 23.7. The Kier molecular flexibility index (Phi) is 8.24. The van der Waals surface area contributed by atoms with Crippen molar-refractivity contribution in [1.82, 2.24) is 10.2 Å². The minimum atomic E-state index is -1.66. The van der Waals surface area contributed by atoms with Crippen molar-refractivity contribution in [2.24, 2.45) is 0 Å². The van der Waals surface area contributed by atoms with Crippen molar-refractivity contribution < 1.29 is 29.1 Å². The van der Waals surface area contributed by atoms with Crippen LogP contribution in [-0.4, -0.2) is 72.6 Å². The molecule has 9 nitrogen and oxygen atoms in total. The van der Waals surface area contributed by atoms with E-state index in [0.717, 1.165) is 27.9 Å². The molecule has 3 aromatic carbocycles. The summed E-state index contributed by atoms with van der Waals surface area (Å²) in [4.78, 5) is 28.9. The van der Waals surface area contributed by atoms with E-state index >= 15 is 0 Å². The summed E-state index contributed by atoms with van der Waals surface area (Å²) < 4.78 is 11.1. The van der Waals surface area contributed by atoms with Crippen molar-refractivity contribution in [1.29, 1.82) is 0 Å². The zero-order chi connectivity index (χ0) is 29.1. The first-order valence-electron chi connectivity index (χ1n) is 13.9. The average Bonchev–Trinajstić information content (AvgIpc) is 3.27. The molecule has 2 aliphatic rings. The first-order chi connectivity index (χ1) is 19.6. The lowest BCUT2D eigenvalue weighted by molar-refractivity contribution is 0.0240. The lowest BCUT2D eigenvalue weighted by Crippen LogP contribution is -2.50. The number of hydrogen-bond donors (Lipinski definition) is 3. The number of carbonyl (C=O) groups is 2. The van der Waals surface area contributed by atoms with Crippen LogP contribution in [0.25, 0.3) is 11.1 Å². The molecule has 2 amide bonds. The van der Waals surface area contributed by atoms with E-state index in [4.69, 9.17) is 9.47 Å². The molecule has 1 saturated heterocycles. The van der Waals surface area contributed by atoms with Crippen molar-refractivity contribution in [3.05, 3.63) is 83.4 Å². The van der Waals surface area contributed by atoms with Gasteiger partial charge in [-0.3, -0.25) is 0 Å². The van der Waals surface area contributed by atoms with Crippen molar-refractivity contribution in [2.75, 3.05) is 37.7 Å². The van der Waals surface area contributed by atoms with E-state index in [9.17, 15) is 19.6 Å². The quantitative estimate of drug-likeness (QED) is 0.398. The molecule has 0 atom stereocenters. The van der Waals surface area contributed by atoms with Crippen LogP contribution in [0.4, 0.5) is 15.3 Å². The Bertz CT molecular complexity index is 1370. The van der Waals surface area contributed by atoms with Gasteiger partial charge in [0.1, 0.15) is 12.2 Å². The molecule has 10 heteroatoms. The normalized spacial score (nSPS) is 14.8. The van der Waals surface area contributed by atoms with Gasteiger partial charge in [0.25, 0.3) is 0 Å². The molecule has 0 aromatic heterocycles. The summed E-state index contributed by atoms with van der Waals surface area (Å²) in [6, 6.07) is 21.6. The van der Waals surface area contributed by atoms with Crippen LogP contribution in [0, 0.1) is 0 Å². The predicted molar refractivity (Wildman–Crippen MR) is 158 cm³/mol. The van der Waals surface area contributed by atoms with E-state index in [0.29, 0.717) is 37.2 Å². The van der Waals surface area contributed by atoms with Crippen LogP contribution in [-0.2, 0) is 16.0 Å². The van der Waals surface area contributed by atoms with Gasteiger partial charge in [-0.05, 0) is 66.2 Å². The van der Waals surface area contributed by atoms with E-state index in [1.165, 1.54) is 0 Å². The largest absolute Gasteiger partial charge is 0.488 e. The monoisotopic (exact) mass is 557 g/mol. The van der Waals surface area contributed by atoms with Gasteiger partial charge in [-0.1, -0.05) is 54.6 Å². The van der Waals surface area contributed by atoms with Gasteiger partial charge < -0.3 is 34.6 Å². The number of nitrogens with zero attached hydrogens (tertiary/aromatic N) is 2. The summed E-state index contributed by atoms with van der Waals surface area (Å²) in [5, 5.41) is 22.6. The SMILES string of the molecule is CC(C)(C)OC(=O)N1CCN(c2cc(CNC(=O)OCC3c4ccccc4-c4ccccc43)cc(B(O)O)c2)CC1. The molecule has 1 heterocycles. The molecule has 5 rings (SSSR count). The van der Waals surface area contributed by atoms with Crippen molar-refractivity contribution in [3.8, 4) is 11.1 Å². The lowest BCUT2D eigenvalue weighted by atomic mass is 9.79. The van der Waals surface area contributed by atoms with Crippen molar-refractivity contribution in [2.45, 2.75) is 38.8 Å². The molecule has 0 saturated carbocycles. The number of carbonyl (C=O) groups excluding carboxylic acids is 2. The van der Waals surface area contributed by atoms with E-state index in [1.54, 1.807) is 17.0 Å².